The van der Waals surface area contributed by atoms with Crippen molar-refractivity contribution in [3.05, 3.63) is 0 Å². The molecule has 0 bridgehead atoms. The molecular formula is C58H90N2O4. The number of carbonyl (C=O) groups excluding carboxylic acids is 4. The van der Waals surface area contributed by atoms with Gasteiger partial charge in [-0.15, -0.1) is 0 Å². The monoisotopic (exact) mass is 879 g/mol. The summed E-state index contributed by atoms with van der Waals surface area (Å²) >= 11 is 0. The van der Waals surface area contributed by atoms with Crippen LogP contribution in [-0.4, -0.2) is 69.2 Å². The van der Waals surface area contributed by atoms with Gasteiger partial charge in [-0.2, -0.15) is 0 Å². The van der Waals surface area contributed by atoms with E-state index in [9.17, 15) is 19.2 Å². The van der Waals surface area contributed by atoms with E-state index in [0.29, 0.717) is 71.2 Å². The Balaban J connectivity index is 0.956. The standard InChI is InChI=1S/C58H90N2O4/c61-55(37-17-5-1-6-18-37)41-31-42(56(62)38-19-7-2-8-20-38)34-45(33-41)59-51-27-15-13-25-47(51)49-29-30-50-48-26-14-16-28-52(48)60(54(50)53(49)59)46-35-43(57(63)39-21-9-3-10-22-39)32-44(36-46)58(64)40-23-11-4-12-24-40/h37-54H,1-36H2. The highest BCUT2D eigenvalue weighted by Gasteiger charge is 2.64. The van der Waals surface area contributed by atoms with Crippen LogP contribution < -0.4 is 0 Å². The highest BCUT2D eigenvalue weighted by Crippen LogP contribution is 2.60. The van der Waals surface area contributed by atoms with Crippen LogP contribution in [0.2, 0.25) is 0 Å². The summed E-state index contributed by atoms with van der Waals surface area (Å²) in [4.78, 5) is 65.7. The number of likely N-dealkylation sites (tertiary alicyclic amines) is 2. The molecule has 0 spiro atoms. The van der Waals surface area contributed by atoms with Crippen molar-refractivity contribution in [2.75, 3.05) is 0 Å². The molecule has 0 aromatic heterocycles. The van der Waals surface area contributed by atoms with Gasteiger partial charge in [0.2, 0.25) is 0 Å². The summed E-state index contributed by atoms with van der Waals surface area (Å²) in [5, 5.41) is 0. The number of nitrogens with zero attached hydrogens (tertiary/aromatic N) is 2. The van der Waals surface area contributed by atoms with Crippen LogP contribution >= 0.6 is 0 Å². The highest BCUT2D eigenvalue weighted by atomic mass is 16.1. The molecule has 12 atom stereocenters. The topological polar surface area (TPSA) is 74.8 Å². The lowest BCUT2D eigenvalue weighted by molar-refractivity contribution is -0.138. The molecule has 9 aliphatic carbocycles. The third-order valence-corrected chi connectivity index (χ3v) is 22.0. The zero-order valence-corrected chi connectivity index (χ0v) is 40.4. The van der Waals surface area contributed by atoms with E-state index in [4.69, 9.17) is 0 Å². The van der Waals surface area contributed by atoms with E-state index < -0.39 is 0 Å². The summed E-state index contributed by atoms with van der Waals surface area (Å²) in [6.45, 7) is 0. The number of Topliss-reactive ketones (excluding diaryl/α,β-unsaturated/α-hetero) is 4. The van der Waals surface area contributed by atoms with Gasteiger partial charge in [0.1, 0.15) is 23.1 Å². The first-order valence-electron chi connectivity index (χ1n) is 29.1. The zero-order chi connectivity index (χ0) is 43.3. The molecule has 2 saturated heterocycles. The van der Waals surface area contributed by atoms with E-state index in [1.807, 2.05) is 0 Å². The Morgan fingerprint density at radius 1 is 0.250 bits per heavy atom. The lowest BCUT2D eigenvalue weighted by Crippen LogP contribution is -2.62. The Morgan fingerprint density at radius 2 is 0.516 bits per heavy atom. The smallest absolute Gasteiger partial charge is 0.139 e. The van der Waals surface area contributed by atoms with E-state index in [2.05, 4.69) is 9.80 Å². The average Bonchev–Trinajstić information content (AvgIpc) is 3.89. The lowest BCUT2D eigenvalue weighted by atomic mass is 9.65. The molecule has 11 rings (SSSR count). The van der Waals surface area contributed by atoms with Gasteiger partial charge in [-0.3, -0.25) is 29.0 Å². The minimum absolute atomic E-state index is 0.0404. The van der Waals surface area contributed by atoms with Crippen molar-refractivity contribution in [2.24, 2.45) is 71.0 Å². The molecule has 356 valence electrons. The zero-order valence-electron chi connectivity index (χ0n) is 40.4. The number of fused-ring (bicyclic) bond motifs is 7. The van der Waals surface area contributed by atoms with Gasteiger partial charge in [0.15, 0.2) is 0 Å². The first-order valence-corrected chi connectivity index (χ1v) is 29.1. The fourth-order valence-electron chi connectivity index (χ4n) is 19.3. The van der Waals surface area contributed by atoms with E-state index in [1.165, 1.54) is 141 Å². The van der Waals surface area contributed by atoms with Gasteiger partial charge < -0.3 is 0 Å². The summed E-state index contributed by atoms with van der Waals surface area (Å²) < 4.78 is 0. The predicted octanol–water partition coefficient (Wildman–Crippen LogP) is 12.7. The van der Waals surface area contributed by atoms with Crippen LogP contribution in [0.5, 0.6) is 0 Å². The summed E-state index contributed by atoms with van der Waals surface area (Å²) in [5.74, 6) is 6.04. The van der Waals surface area contributed by atoms with Crippen molar-refractivity contribution in [3.63, 3.8) is 0 Å². The molecule has 11 aliphatic rings. The minimum Gasteiger partial charge on any atom is -0.299 e. The van der Waals surface area contributed by atoms with Crippen molar-refractivity contribution in [1.29, 1.82) is 0 Å². The van der Waals surface area contributed by atoms with Gasteiger partial charge in [-0.25, -0.2) is 0 Å². The first kappa shape index (κ1) is 45.1. The molecule has 0 amide bonds. The van der Waals surface area contributed by atoms with Gasteiger partial charge in [0.05, 0.1) is 0 Å². The van der Waals surface area contributed by atoms with E-state index in [-0.39, 0.29) is 47.3 Å². The quantitative estimate of drug-likeness (QED) is 0.218. The number of carbonyl (C=O) groups is 4. The summed E-state index contributed by atoms with van der Waals surface area (Å²) in [6, 6.07) is 2.77. The molecule has 6 nitrogen and oxygen atoms in total. The number of hydrogen-bond donors (Lipinski definition) is 0. The second-order valence-electron chi connectivity index (χ2n) is 25.3. The minimum atomic E-state index is 0.0404. The van der Waals surface area contributed by atoms with Gasteiger partial charge in [-0.1, -0.05) is 103 Å². The summed E-state index contributed by atoms with van der Waals surface area (Å²) in [7, 11) is 0. The SMILES string of the molecule is O=C(C1CCCCC1)C1CC(C(=O)C2CCCCC2)CC(N2C3CCCCC3C3CCC4C5CCCCC5N(C5CC(C(=O)C6CCCCC6)CC(C(=O)C6CCCCC6)C5)C4C32)C1. The van der Waals surface area contributed by atoms with Gasteiger partial charge >= 0.3 is 0 Å². The molecule has 2 aliphatic heterocycles. The Hall–Kier alpha value is -1.40. The Kier molecular flexibility index (Phi) is 14.0. The van der Waals surface area contributed by atoms with Gasteiger partial charge in [-0.05, 0) is 152 Å². The maximum atomic E-state index is 14.8. The summed E-state index contributed by atoms with van der Waals surface area (Å²) in [6.07, 6.45) is 42.1. The van der Waals surface area contributed by atoms with Crippen LogP contribution in [0.3, 0.4) is 0 Å². The van der Waals surface area contributed by atoms with Gasteiger partial charge in [0.25, 0.3) is 0 Å². The van der Waals surface area contributed by atoms with Crippen molar-refractivity contribution in [2.45, 2.75) is 267 Å². The molecule has 0 N–H and O–H groups in total. The second-order valence-corrected chi connectivity index (χ2v) is 25.3. The largest absolute Gasteiger partial charge is 0.299 e. The molecule has 9 saturated carbocycles. The van der Waals surface area contributed by atoms with Gasteiger partial charge in [0, 0.05) is 83.6 Å². The first-order chi connectivity index (χ1) is 31.4. The number of hydrogen-bond acceptors (Lipinski definition) is 6. The van der Waals surface area contributed by atoms with E-state index >= 15 is 0 Å². The van der Waals surface area contributed by atoms with Crippen molar-refractivity contribution >= 4 is 23.1 Å². The number of ketones is 4. The molecule has 0 radical (unpaired) electrons. The highest BCUT2D eigenvalue weighted by molar-refractivity contribution is 5.88. The molecule has 2 heterocycles. The molecular weight excluding hydrogens is 789 g/mol. The number of rotatable bonds is 10. The summed E-state index contributed by atoms with van der Waals surface area (Å²) in [5.41, 5.74) is 0. The Bertz CT molecular complexity index is 1460. The molecule has 11 fully saturated rings. The van der Waals surface area contributed by atoms with Crippen molar-refractivity contribution < 1.29 is 19.2 Å². The maximum Gasteiger partial charge on any atom is 0.139 e. The molecule has 6 heteroatoms. The van der Waals surface area contributed by atoms with Crippen molar-refractivity contribution in [1.82, 2.24) is 9.80 Å². The van der Waals surface area contributed by atoms with Crippen LogP contribution in [0, 0.1) is 71.0 Å². The average molecular weight is 879 g/mol. The van der Waals surface area contributed by atoms with Crippen LogP contribution in [0.25, 0.3) is 0 Å². The predicted molar refractivity (Wildman–Crippen MR) is 255 cm³/mol. The fourth-order valence-corrected chi connectivity index (χ4v) is 19.3. The Labute approximate surface area is 389 Å². The van der Waals surface area contributed by atoms with E-state index in [0.717, 1.165) is 102 Å². The Morgan fingerprint density at radius 3 is 0.812 bits per heavy atom. The normalized spacial score (nSPS) is 43.4. The van der Waals surface area contributed by atoms with Crippen molar-refractivity contribution in [3.8, 4) is 0 Å². The van der Waals surface area contributed by atoms with Crippen LogP contribution in [0.1, 0.15) is 231 Å². The third kappa shape index (κ3) is 8.67. The second kappa shape index (κ2) is 19.9. The molecule has 12 unspecified atom stereocenters. The molecule has 64 heavy (non-hydrogen) atoms. The third-order valence-electron chi connectivity index (χ3n) is 22.0. The molecule has 0 aromatic carbocycles. The lowest BCUT2D eigenvalue weighted by Gasteiger charge is -2.53. The van der Waals surface area contributed by atoms with Crippen LogP contribution in [-0.2, 0) is 19.2 Å². The molecule has 0 aromatic rings. The van der Waals surface area contributed by atoms with Crippen LogP contribution in [0.15, 0.2) is 0 Å². The van der Waals surface area contributed by atoms with E-state index in [1.54, 1.807) is 0 Å². The maximum absolute atomic E-state index is 14.8. The van der Waals surface area contributed by atoms with Crippen LogP contribution in [0.4, 0.5) is 0 Å². The fraction of sp³-hybridized carbons (Fsp3) is 0.931.